The van der Waals surface area contributed by atoms with E-state index in [1.54, 1.807) is 0 Å². The van der Waals surface area contributed by atoms with Crippen LogP contribution in [-0.2, 0) is 0 Å². The highest BCUT2D eigenvalue weighted by molar-refractivity contribution is 5.93. The lowest BCUT2D eigenvalue weighted by Crippen LogP contribution is -2.39. The van der Waals surface area contributed by atoms with Gasteiger partial charge in [-0.05, 0) is 43.5 Å². The lowest BCUT2D eigenvalue weighted by molar-refractivity contribution is 0.0699. The van der Waals surface area contributed by atoms with Gasteiger partial charge in [-0.2, -0.15) is 0 Å². The monoisotopic (exact) mass is 359 g/mol. The van der Waals surface area contributed by atoms with Gasteiger partial charge in [-0.15, -0.1) is 0 Å². The molecule has 6 heteroatoms. The predicted molar refractivity (Wildman–Crippen MR) is 104 cm³/mol. The second-order valence-electron chi connectivity index (χ2n) is 7.33. The van der Waals surface area contributed by atoms with Gasteiger partial charge < -0.3 is 14.3 Å². The number of amides is 1. The summed E-state index contributed by atoms with van der Waals surface area (Å²) >= 11 is 0. The zero-order chi connectivity index (χ0) is 18.4. The Bertz CT molecular complexity index is 1110. The van der Waals surface area contributed by atoms with Gasteiger partial charge in [-0.1, -0.05) is 18.2 Å². The van der Waals surface area contributed by atoms with Crippen molar-refractivity contribution in [2.75, 3.05) is 13.1 Å². The molecule has 0 spiro atoms. The number of hydrogen-bond acceptors (Lipinski definition) is 3. The molecule has 4 aromatic rings. The Labute approximate surface area is 156 Å². The van der Waals surface area contributed by atoms with Crippen molar-refractivity contribution in [3.05, 3.63) is 65.9 Å². The Morgan fingerprint density at radius 2 is 2.04 bits per heavy atom. The number of nitrogens with one attached hydrogen (secondary N) is 1. The van der Waals surface area contributed by atoms with Crippen molar-refractivity contribution >= 4 is 22.6 Å². The zero-order valence-electron chi connectivity index (χ0n) is 15.2. The number of likely N-dealkylation sites (tertiary alicyclic amines) is 1. The van der Waals surface area contributed by atoms with Gasteiger partial charge in [0, 0.05) is 31.4 Å². The van der Waals surface area contributed by atoms with Crippen LogP contribution in [-0.4, -0.2) is 43.2 Å². The normalized spacial score (nSPS) is 17.7. The van der Waals surface area contributed by atoms with Gasteiger partial charge in [0.05, 0.1) is 11.0 Å². The van der Waals surface area contributed by atoms with Crippen LogP contribution in [0.4, 0.5) is 0 Å². The molecular weight excluding hydrogens is 338 g/mol. The highest BCUT2D eigenvalue weighted by Crippen LogP contribution is 2.27. The van der Waals surface area contributed by atoms with Crippen molar-refractivity contribution in [2.24, 2.45) is 0 Å². The molecule has 0 saturated carbocycles. The molecule has 1 atom stereocenters. The molecule has 4 heterocycles. The maximum absolute atomic E-state index is 13.0. The zero-order valence-corrected chi connectivity index (χ0v) is 15.2. The van der Waals surface area contributed by atoms with Crippen LogP contribution >= 0.6 is 0 Å². The molecule has 1 amide bonds. The molecule has 0 bridgehead atoms. The lowest BCUT2D eigenvalue weighted by Gasteiger charge is -2.31. The smallest absolute Gasteiger partial charge is 0.274 e. The Morgan fingerprint density at radius 3 is 2.93 bits per heavy atom. The van der Waals surface area contributed by atoms with E-state index in [2.05, 4.69) is 9.97 Å². The number of aromatic nitrogens is 4. The minimum atomic E-state index is -0.00263. The summed E-state index contributed by atoms with van der Waals surface area (Å²) in [5.74, 6) is 1.20. The van der Waals surface area contributed by atoms with Crippen LogP contribution in [0.3, 0.4) is 0 Å². The molecular formula is C21H21N5O. The first-order chi connectivity index (χ1) is 13.2. The fourth-order valence-electron chi connectivity index (χ4n) is 3.92. The van der Waals surface area contributed by atoms with E-state index < -0.39 is 0 Å². The minimum Gasteiger partial charge on any atom is -0.342 e. The quantitative estimate of drug-likeness (QED) is 0.595. The average molecular weight is 359 g/mol. The van der Waals surface area contributed by atoms with Crippen LogP contribution < -0.4 is 0 Å². The summed E-state index contributed by atoms with van der Waals surface area (Å²) in [4.78, 5) is 27.6. The van der Waals surface area contributed by atoms with Crippen LogP contribution in [0.15, 0.2) is 48.8 Å². The number of H-pyrrole nitrogens is 1. The Hall–Kier alpha value is -3.15. The third kappa shape index (κ3) is 2.87. The van der Waals surface area contributed by atoms with E-state index in [9.17, 15) is 4.79 Å². The first-order valence-electron chi connectivity index (χ1n) is 9.37. The van der Waals surface area contributed by atoms with Crippen molar-refractivity contribution in [2.45, 2.75) is 25.7 Å². The van der Waals surface area contributed by atoms with Gasteiger partial charge in [-0.25, -0.2) is 9.97 Å². The number of carbonyl (C=O) groups is 1. The second kappa shape index (κ2) is 6.23. The molecule has 1 unspecified atom stereocenters. The second-order valence-corrected chi connectivity index (χ2v) is 7.33. The number of piperidine rings is 1. The molecule has 1 aliphatic rings. The van der Waals surface area contributed by atoms with Crippen LogP contribution in [0.25, 0.3) is 16.7 Å². The van der Waals surface area contributed by atoms with E-state index in [0.717, 1.165) is 47.5 Å². The summed E-state index contributed by atoms with van der Waals surface area (Å²) in [5.41, 5.74) is 4.47. The topological polar surface area (TPSA) is 66.3 Å². The largest absolute Gasteiger partial charge is 0.342 e. The summed E-state index contributed by atoms with van der Waals surface area (Å²) in [7, 11) is 0. The van der Waals surface area contributed by atoms with Crippen LogP contribution in [0.5, 0.6) is 0 Å². The van der Waals surface area contributed by atoms with Crippen LogP contribution in [0.1, 0.15) is 40.6 Å². The number of hydrogen-bond donors (Lipinski definition) is 1. The maximum atomic E-state index is 13.0. The molecule has 136 valence electrons. The number of imidazole rings is 2. The highest BCUT2D eigenvalue weighted by Gasteiger charge is 2.28. The number of aromatic amines is 1. The number of aryl methyl sites for hydroxylation is 1. The van der Waals surface area contributed by atoms with Crippen molar-refractivity contribution in [1.82, 2.24) is 24.3 Å². The Morgan fingerprint density at radius 1 is 1.15 bits per heavy atom. The molecule has 0 aliphatic carbocycles. The van der Waals surface area contributed by atoms with E-state index in [1.807, 2.05) is 65.0 Å². The third-order valence-corrected chi connectivity index (χ3v) is 5.32. The molecule has 1 aromatic carbocycles. The molecule has 0 radical (unpaired) electrons. The Kier molecular flexibility index (Phi) is 3.70. The van der Waals surface area contributed by atoms with Gasteiger partial charge >= 0.3 is 0 Å². The summed E-state index contributed by atoms with van der Waals surface area (Å²) in [6.45, 7) is 3.47. The van der Waals surface area contributed by atoms with E-state index in [1.165, 1.54) is 0 Å². The molecule has 1 fully saturated rings. The van der Waals surface area contributed by atoms with Crippen molar-refractivity contribution in [3.63, 3.8) is 0 Å². The van der Waals surface area contributed by atoms with Crippen LogP contribution in [0.2, 0.25) is 0 Å². The van der Waals surface area contributed by atoms with Gasteiger partial charge in [0.15, 0.2) is 0 Å². The minimum absolute atomic E-state index is 0.00263. The maximum Gasteiger partial charge on any atom is 0.274 e. The number of rotatable bonds is 2. The molecule has 1 saturated heterocycles. The molecule has 6 nitrogen and oxygen atoms in total. The molecule has 27 heavy (non-hydrogen) atoms. The van der Waals surface area contributed by atoms with Crippen molar-refractivity contribution in [3.8, 4) is 0 Å². The first-order valence-corrected chi connectivity index (χ1v) is 9.37. The van der Waals surface area contributed by atoms with Gasteiger partial charge in [-0.3, -0.25) is 4.79 Å². The standard InChI is InChI=1S/C21H21N5O/c1-14-8-9-19-22-18(13-26(19)11-14)21(27)25-10-4-5-15(12-25)20-23-16-6-2-3-7-17(16)24-20/h2-3,6-9,11,13,15H,4-5,10,12H2,1H3,(H,23,24). The van der Waals surface area contributed by atoms with Crippen molar-refractivity contribution in [1.29, 1.82) is 0 Å². The molecule has 1 aliphatic heterocycles. The van der Waals surface area contributed by atoms with Gasteiger partial charge in [0.1, 0.15) is 17.2 Å². The third-order valence-electron chi connectivity index (χ3n) is 5.32. The predicted octanol–water partition coefficient (Wildman–Crippen LogP) is 3.54. The van der Waals surface area contributed by atoms with E-state index in [4.69, 9.17) is 4.98 Å². The van der Waals surface area contributed by atoms with Crippen molar-refractivity contribution < 1.29 is 4.79 Å². The lowest BCUT2D eigenvalue weighted by atomic mass is 9.97. The van der Waals surface area contributed by atoms with Gasteiger partial charge in [0.2, 0.25) is 0 Å². The Balaban J connectivity index is 1.40. The SMILES string of the molecule is Cc1ccc2nc(C(=O)N3CCCC(c4nc5ccccc5[nH]4)C3)cn2c1. The molecule has 3 aromatic heterocycles. The summed E-state index contributed by atoms with van der Waals surface area (Å²) < 4.78 is 1.92. The number of nitrogens with zero attached hydrogens (tertiary/aromatic N) is 4. The fourth-order valence-corrected chi connectivity index (χ4v) is 3.92. The number of fused-ring (bicyclic) bond motifs is 2. The fraction of sp³-hybridized carbons (Fsp3) is 0.286. The average Bonchev–Trinajstić information content (AvgIpc) is 3.31. The number of pyridine rings is 1. The summed E-state index contributed by atoms with van der Waals surface area (Å²) in [6.07, 6.45) is 5.83. The van der Waals surface area contributed by atoms with E-state index in [-0.39, 0.29) is 11.8 Å². The number of para-hydroxylation sites is 2. The first kappa shape index (κ1) is 16.1. The van der Waals surface area contributed by atoms with E-state index >= 15 is 0 Å². The highest BCUT2D eigenvalue weighted by atomic mass is 16.2. The van der Waals surface area contributed by atoms with E-state index in [0.29, 0.717) is 12.2 Å². The van der Waals surface area contributed by atoms with Gasteiger partial charge in [0.25, 0.3) is 5.91 Å². The number of benzene rings is 1. The molecule has 5 rings (SSSR count). The molecule has 1 N–H and O–H groups in total. The summed E-state index contributed by atoms with van der Waals surface area (Å²) in [5, 5.41) is 0. The number of carbonyl (C=O) groups excluding carboxylic acids is 1. The summed E-state index contributed by atoms with van der Waals surface area (Å²) in [6, 6.07) is 12.0. The van der Waals surface area contributed by atoms with Crippen LogP contribution in [0, 0.1) is 6.92 Å².